The molecule has 0 fully saturated rings. The molecule has 0 radical (unpaired) electrons. The Labute approximate surface area is 116 Å². The third-order valence-corrected chi connectivity index (χ3v) is 2.96. The fourth-order valence-corrected chi connectivity index (χ4v) is 1.97. The van der Waals surface area contributed by atoms with Gasteiger partial charge in [-0.1, -0.05) is 0 Å². The fourth-order valence-electron chi connectivity index (χ4n) is 1.97. The SMILES string of the molecule is OCCCOc1ccc2nc(-c3cccnc3)[nH]c2c1. The molecule has 1 aromatic carbocycles. The van der Waals surface area contributed by atoms with Gasteiger partial charge in [0.25, 0.3) is 0 Å². The number of aromatic nitrogens is 3. The molecule has 0 saturated carbocycles. The van der Waals surface area contributed by atoms with Crippen LogP contribution in [0.4, 0.5) is 0 Å². The lowest BCUT2D eigenvalue weighted by atomic mass is 10.3. The first-order valence-electron chi connectivity index (χ1n) is 6.50. The van der Waals surface area contributed by atoms with Crippen LogP contribution in [-0.2, 0) is 0 Å². The molecular formula is C15H15N3O2. The third-order valence-electron chi connectivity index (χ3n) is 2.96. The molecule has 2 N–H and O–H groups in total. The van der Waals surface area contributed by atoms with Crippen molar-refractivity contribution in [2.24, 2.45) is 0 Å². The van der Waals surface area contributed by atoms with Crippen LogP contribution in [0.3, 0.4) is 0 Å². The Balaban J connectivity index is 1.88. The molecule has 5 heteroatoms. The second kappa shape index (κ2) is 5.71. The maximum absolute atomic E-state index is 8.74. The van der Waals surface area contributed by atoms with Gasteiger partial charge in [0.15, 0.2) is 0 Å². The van der Waals surface area contributed by atoms with Gasteiger partial charge in [-0.15, -0.1) is 0 Å². The molecule has 2 aromatic heterocycles. The van der Waals surface area contributed by atoms with E-state index in [-0.39, 0.29) is 6.61 Å². The first-order valence-corrected chi connectivity index (χ1v) is 6.50. The number of ether oxygens (including phenoxy) is 1. The van der Waals surface area contributed by atoms with E-state index in [1.54, 1.807) is 12.4 Å². The lowest BCUT2D eigenvalue weighted by Gasteiger charge is -2.03. The zero-order valence-corrected chi connectivity index (χ0v) is 10.9. The summed E-state index contributed by atoms with van der Waals surface area (Å²) in [5.41, 5.74) is 2.76. The van der Waals surface area contributed by atoms with E-state index in [2.05, 4.69) is 15.0 Å². The lowest BCUT2D eigenvalue weighted by Crippen LogP contribution is -1.99. The summed E-state index contributed by atoms with van der Waals surface area (Å²) in [5.74, 6) is 1.56. The molecule has 3 rings (SSSR count). The second-order valence-corrected chi connectivity index (χ2v) is 4.43. The number of nitrogens with zero attached hydrogens (tertiary/aromatic N) is 2. The van der Waals surface area contributed by atoms with Crippen LogP contribution >= 0.6 is 0 Å². The van der Waals surface area contributed by atoms with Crippen molar-refractivity contribution in [3.05, 3.63) is 42.7 Å². The molecule has 0 bridgehead atoms. The van der Waals surface area contributed by atoms with Crippen molar-refractivity contribution >= 4 is 11.0 Å². The Morgan fingerprint density at radius 2 is 2.20 bits per heavy atom. The number of imidazole rings is 1. The zero-order valence-electron chi connectivity index (χ0n) is 10.9. The highest BCUT2D eigenvalue weighted by Gasteiger charge is 2.06. The molecular weight excluding hydrogens is 254 g/mol. The first kappa shape index (κ1) is 12.6. The molecule has 0 aliphatic rings. The number of hydrogen-bond acceptors (Lipinski definition) is 4. The molecule has 5 nitrogen and oxygen atoms in total. The van der Waals surface area contributed by atoms with Gasteiger partial charge in [-0.3, -0.25) is 4.98 Å². The van der Waals surface area contributed by atoms with Crippen molar-refractivity contribution in [3.8, 4) is 17.1 Å². The predicted molar refractivity (Wildman–Crippen MR) is 76.5 cm³/mol. The topological polar surface area (TPSA) is 71.0 Å². The Kier molecular flexibility index (Phi) is 3.60. The largest absolute Gasteiger partial charge is 0.493 e. The van der Waals surface area contributed by atoms with Crippen LogP contribution in [0.15, 0.2) is 42.7 Å². The van der Waals surface area contributed by atoms with Gasteiger partial charge in [-0.2, -0.15) is 0 Å². The monoisotopic (exact) mass is 269 g/mol. The molecule has 20 heavy (non-hydrogen) atoms. The van der Waals surface area contributed by atoms with Gasteiger partial charge in [-0.25, -0.2) is 4.98 Å². The van der Waals surface area contributed by atoms with Crippen LogP contribution in [0.25, 0.3) is 22.4 Å². The summed E-state index contributed by atoms with van der Waals surface area (Å²) >= 11 is 0. The molecule has 0 spiro atoms. The van der Waals surface area contributed by atoms with Crippen LogP contribution in [0.1, 0.15) is 6.42 Å². The van der Waals surface area contributed by atoms with Crippen molar-refractivity contribution in [2.75, 3.05) is 13.2 Å². The summed E-state index contributed by atoms with van der Waals surface area (Å²) in [6.45, 7) is 0.642. The van der Waals surface area contributed by atoms with Crippen LogP contribution < -0.4 is 4.74 Å². The summed E-state index contributed by atoms with van der Waals surface area (Å²) < 4.78 is 5.55. The Morgan fingerprint density at radius 3 is 3.00 bits per heavy atom. The van der Waals surface area contributed by atoms with E-state index < -0.39 is 0 Å². The normalized spacial score (nSPS) is 10.8. The number of pyridine rings is 1. The quantitative estimate of drug-likeness (QED) is 0.698. The number of aliphatic hydroxyl groups excluding tert-OH is 1. The van der Waals surface area contributed by atoms with Gasteiger partial charge >= 0.3 is 0 Å². The highest BCUT2D eigenvalue weighted by Crippen LogP contribution is 2.23. The molecule has 3 aromatic rings. The molecule has 0 aliphatic carbocycles. The number of rotatable bonds is 5. The van der Waals surface area contributed by atoms with Crippen molar-refractivity contribution in [3.63, 3.8) is 0 Å². The molecule has 0 amide bonds. The minimum Gasteiger partial charge on any atom is -0.493 e. The van der Waals surface area contributed by atoms with Gasteiger partial charge < -0.3 is 14.8 Å². The zero-order chi connectivity index (χ0) is 13.8. The molecule has 0 unspecified atom stereocenters. The van der Waals surface area contributed by atoms with Crippen LogP contribution in [-0.4, -0.2) is 33.3 Å². The standard InChI is InChI=1S/C15H15N3O2/c19-7-2-8-20-12-4-5-13-14(9-12)18-15(17-13)11-3-1-6-16-10-11/h1,3-6,9-10,19H,2,7-8H2,(H,17,18). The van der Waals surface area contributed by atoms with E-state index in [1.807, 2.05) is 30.3 Å². The number of benzene rings is 1. The maximum atomic E-state index is 8.74. The number of fused-ring (bicyclic) bond motifs is 1. The second-order valence-electron chi connectivity index (χ2n) is 4.43. The van der Waals surface area contributed by atoms with Crippen LogP contribution in [0.2, 0.25) is 0 Å². The molecule has 0 saturated heterocycles. The Morgan fingerprint density at radius 1 is 1.25 bits per heavy atom. The summed E-state index contributed by atoms with van der Waals surface area (Å²) in [5, 5.41) is 8.74. The minimum atomic E-state index is 0.136. The van der Waals surface area contributed by atoms with Gasteiger partial charge in [0.05, 0.1) is 17.6 Å². The number of aliphatic hydroxyl groups is 1. The highest BCUT2D eigenvalue weighted by molar-refractivity contribution is 5.80. The number of hydrogen-bond donors (Lipinski definition) is 2. The average molecular weight is 269 g/mol. The van der Waals surface area contributed by atoms with E-state index in [1.165, 1.54) is 0 Å². The maximum Gasteiger partial charge on any atom is 0.140 e. The van der Waals surface area contributed by atoms with Crippen LogP contribution in [0.5, 0.6) is 5.75 Å². The van der Waals surface area contributed by atoms with Crippen molar-refractivity contribution < 1.29 is 9.84 Å². The number of H-pyrrole nitrogens is 1. The first-order chi connectivity index (χ1) is 9.86. The minimum absolute atomic E-state index is 0.136. The molecule has 0 atom stereocenters. The molecule has 2 heterocycles. The van der Waals surface area contributed by atoms with Gasteiger partial charge in [0.2, 0.25) is 0 Å². The van der Waals surface area contributed by atoms with E-state index in [0.717, 1.165) is 28.2 Å². The predicted octanol–water partition coefficient (Wildman–Crippen LogP) is 2.39. The number of nitrogens with one attached hydrogen (secondary N) is 1. The van der Waals surface area contributed by atoms with Crippen molar-refractivity contribution in [1.82, 2.24) is 15.0 Å². The molecule has 0 aliphatic heterocycles. The third kappa shape index (κ3) is 2.62. The van der Waals surface area contributed by atoms with Gasteiger partial charge in [0, 0.05) is 37.1 Å². The van der Waals surface area contributed by atoms with E-state index in [4.69, 9.17) is 9.84 Å². The lowest BCUT2D eigenvalue weighted by molar-refractivity contribution is 0.233. The summed E-state index contributed by atoms with van der Waals surface area (Å²) in [4.78, 5) is 11.9. The number of aromatic amines is 1. The Bertz CT molecular complexity index is 695. The van der Waals surface area contributed by atoms with Gasteiger partial charge in [-0.05, 0) is 24.3 Å². The van der Waals surface area contributed by atoms with Gasteiger partial charge in [0.1, 0.15) is 11.6 Å². The van der Waals surface area contributed by atoms with E-state index in [9.17, 15) is 0 Å². The molecule has 102 valence electrons. The van der Waals surface area contributed by atoms with E-state index in [0.29, 0.717) is 13.0 Å². The fraction of sp³-hybridized carbons (Fsp3) is 0.200. The van der Waals surface area contributed by atoms with Crippen LogP contribution in [0, 0.1) is 0 Å². The van der Waals surface area contributed by atoms with Crippen molar-refractivity contribution in [2.45, 2.75) is 6.42 Å². The smallest absolute Gasteiger partial charge is 0.140 e. The Hall–Kier alpha value is -2.40. The van der Waals surface area contributed by atoms with Crippen molar-refractivity contribution in [1.29, 1.82) is 0 Å². The highest BCUT2D eigenvalue weighted by atomic mass is 16.5. The summed E-state index contributed by atoms with van der Waals surface area (Å²) in [7, 11) is 0. The average Bonchev–Trinajstić information content (AvgIpc) is 2.92. The summed E-state index contributed by atoms with van der Waals surface area (Å²) in [6, 6.07) is 9.56. The summed E-state index contributed by atoms with van der Waals surface area (Å²) in [6.07, 6.45) is 4.14. The van der Waals surface area contributed by atoms with E-state index >= 15 is 0 Å².